The Morgan fingerprint density at radius 3 is 2.47 bits per heavy atom. The fraction of sp³-hybridized carbons (Fsp3) is 0.474. The van der Waals surface area contributed by atoms with E-state index in [4.69, 9.17) is 9.47 Å². The molecular formula is C19H23F2N3O5S. The van der Waals surface area contributed by atoms with Crippen LogP contribution in [0.3, 0.4) is 0 Å². The summed E-state index contributed by atoms with van der Waals surface area (Å²) in [4.78, 5) is 37.4. The predicted octanol–water partition coefficient (Wildman–Crippen LogP) is 3.88. The number of nitrogens with one attached hydrogen (secondary N) is 1. The molecular weight excluding hydrogens is 420 g/mol. The Kier molecular flexibility index (Phi) is 8.04. The van der Waals surface area contributed by atoms with Crippen LogP contribution in [0.1, 0.15) is 63.7 Å². The Hall–Kier alpha value is -2.82. The normalized spacial score (nSPS) is 10.9. The zero-order valence-electron chi connectivity index (χ0n) is 17.1. The van der Waals surface area contributed by atoms with Gasteiger partial charge in [-0.2, -0.15) is 5.10 Å². The highest BCUT2D eigenvalue weighted by Crippen LogP contribution is 2.34. The lowest BCUT2D eigenvalue weighted by Gasteiger charge is -2.08. The van der Waals surface area contributed by atoms with E-state index in [9.17, 15) is 23.2 Å². The Balaban J connectivity index is 2.30. The maximum atomic E-state index is 12.8. The summed E-state index contributed by atoms with van der Waals surface area (Å²) in [6, 6.07) is 1.19. The minimum absolute atomic E-state index is 0.0651. The summed E-state index contributed by atoms with van der Waals surface area (Å²) in [5, 5.41) is 6.40. The first kappa shape index (κ1) is 23.5. The van der Waals surface area contributed by atoms with Gasteiger partial charge in [-0.25, -0.2) is 18.4 Å². The largest absolute Gasteiger partial charge is 0.462 e. The highest BCUT2D eigenvalue weighted by molar-refractivity contribution is 7.18. The maximum Gasteiger partial charge on any atom is 0.348 e. The maximum absolute atomic E-state index is 12.8. The first-order valence-corrected chi connectivity index (χ1v) is 10.1. The van der Waals surface area contributed by atoms with Gasteiger partial charge in [-0.05, 0) is 38.8 Å². The first-order valence-electron chi connectivity index (χ1n) is 9.29. The molecule has 0 saturated heterocycles. The molecule has 0 atom stereocenters. The fourth-order valence-corrected chi connectivity index (χ4v) is 3.72. The molecule has 164 valence electrons. The number of hydrogen-bond acceptors (Lipinski definition) is 7. The molecule has 0 fully saturated rings. The molecule has 11 heteroatoms. The number of hydrogen-bond donors (Lipinski definition) is 1. The lowest BCUT2D eigenvalue weighted by atomic mass is 10.1. The summed E-state index contributed by atoms with van der Waals surface area (Å²) in [6.07, 6.45) is -2.15. The molecule has 0 unspecified atom stereocenters. The van der Waals surface area contributed by atoms with Crippen molar-refractivity contribution < 1.29 is 32.6 Å². The Labute approximate surface area is 176 Å². The van der Waals surface area contributed by atoms with E-state index in [2.05, 4.69) is 10.4 Å². The fourth-order valence-electron chi connectivity index (χ4n) is 2.61. The van der Waals surface area contributed by atoms with E-state index in [-0.39, 0.29) is 35.2 Å². The number of aryl methyl sites for hydroxylation is 1. The van der Waals surface area contributed by atoms with E-state index >= 15 is 0 Å². The molecule has 2 heterocycles. The molecule has 0 bridgehead atoms. The number of amides is 1. The molecule has 2 aromatic heterocycles. The van der Waals surface area contributed by atoms with Crippen molar-refractivity contribution in [3.8, 4) is 0 Å². The van der Waals surface area contributed by atoms with Crippen LogP contribution in [0.15, 0.2) is 6.07 Å². The third-order valence-corrected chi connectivity index (χ3v) is 5.21. The summed E-state index contributed by atoms with van der Waals surface area (Å²) in [5.41, 5.74) is 0.360. The zero-order chi connectivity index (χ0) is 22.4. The van der Waals surface area contributed by atoms with Crippen LogP contribution in [-0.4, -0.2) is 40.8 Å². The molecule has 2 rings (SSSR count). The second-order valence-corrected chi connectivity index (χ2v) is 7.35. The van der Waals surface area contributed by atoms with Crippen LogP contribution in [0.2, 0.25) is 0 Å². The minimum atomic E-state index is -2.75. The third-order valence-electron chi connectivity index (χ3n) is 4.02. The van der Waals surface area contributed by atoms with Gasteiger partial charge in [0.05, 0.1) is 18.8 Å². The number of ether oxygens (including phenoxy) is 2. The standard InChI is InChI=1S/C19H23F2N3O5S/c1-5-7-29-18(26)14-11(4)15(19(27)28-6-2)30-17(14)22-13(25)9-24-10(3)8-12(23-24)16(20)21/h8,16H,5-7,9H2,1-4H3,(H,22,25). The average molecular weight is 443 g/mol. The summed E-state index contributed by atoms with van der Waals surface area (Å²) < 4.78 is 36.9. The third kappa shape index (κ3) is 5.41. The SMILES string of the molecule is CCCOC(=O)c1c(NC(=O)Cn2nc(C(F)F)cc2C)sc(C(=O)OCC)c1C. The lowest BCUT2D eigenvalue weighted by molar-refractivity contribution is -0.116. The number of carbonyl (C=O) groups excluding carboxylic acids is 3. The molecule has 0 radical (unpaired) electrons. The van der Waals surface area contributed by atoms with Gasteiger partial charge >= 0.3 is 11.9 Å². The van der Waals surface area contributed by atoms with Crippen molar-refractivity contribution in [3.05, 3.63) is 33.5 Å². The van der Waals surface area contributed by atoms with Crippen molar-refractivity contribution in [3.63, 3.8) is 0 Å². The van der Waals surface area contributed by atoms with Crippen LogP contribution in [0.25, 0.3) is 0 Å². The second-order valence-electron chi connectivity index (χ2n) is 6.33. The molecule has 0 aliphatic rings. The van der Waals surface area contributed by atoms with E-state index in [1.807, 2.05) is 6.92 Å². The van der Waals surface area contributed by atoms with Crippen LogP contribution < -0.4 is 5.32 Å². The van der Waals surface area contributed by atoms with Gasteiger partial charge in [-0.1, -0.05) is 6.92 Å². The number of alkyl halides is 2. The molecule has 2 aromatic rings. The van der Waals surface area contributed by atoms with Gasteiger partial charge in [-0.15, -0.1) is 11.3 Å². The van der Waals surface area contributed by atoms with Crippen molar-refractivity contribution in [2.24, 2.45) is 0 Å². The van der Waals surface area contributed by atoms with Crippen molar-refractivity contribution in [1.82, 2.24) is 9.78 Å². The monoisotopic (exact) mass is 443 g/mol. The Morgan fingerprint density at radius 2 is 1.90 bits per heavy atom. The van der Waals surface area contributed by atoms with E-state index in [0.29, 0.717) is 17.7 Å². The molecule has 1 amide bonds. The molecule has 0 aromatic carbocycles. The summed E-state index contributed by atoms with van der Waals surface area (Å²) in [6.45, 7) is 6.59. The molecule has 0 aliphatic carbocycles. The van der Waals surface area contributed by atoms with Crippen molar-refractivity contribution in [1.29, 1.82) is 0 Å². The molecule has 0 saturated carbocycles. The summed E-state index contributed by atoms with van der Waals surface area (Å²) >= 11 is 0.892. The van der Waals surface area contributed by atoms with E-state index in [1.54, 1.807) is 20.8 Å². The van der Waals surface area contributed by atoms with Crippen LogP contribution >= 0.6 is 11.3 Å². The van der Waals surface area contributed by atoms with Gasteiger partial charge in [0.2, 0.25) is 5.91 Å². The minimum Gasteiger partial charge on any atom is -0.462 e. The smallest absolute Gasteiger partial charge is 0.348 e. The van der Waals surface area contributed by atoms with Crippen molar-refractivity contribution in [2.45, 2.75) is 47.1 Å². The van der Waals surface area contributed by atoms with Gasteiger partial charge in [-0.3, -0.25) is 9.48 Å². The number of carbonyl (C=O) groups is 3. The summed E-state index contributed by atoms with van der Waals surface area (Å²) in [7, 11) is 0. The van der Waals surface area contributed by atoms with E-state index < -0.39 is 30.0 Å². The quantitative estimate of drug-likeness (QED) is 0.591. The number of rotatable bonds is 9. The molecule has 30 heavy (non-hydrogen) atoms. The highest BCUT2D eigenvalue weighted by atomic mass is 32.1. The highest BCUT2D eigenvalue weighted by Gasteiger charge is 2.27. The number of esters is 2. The Bertz CT molecular complexity index is 939. The van der Waals surface area contributed by atoms with E-state index in [0.717, 1.165) is 16.0 Å². The number of aromatic nitrogens is 2. The van der Waals surface area contributed by atoms with Crippen molar-refractivity contribution >= 4 is 34.2 Å². The lowest BCUT2D eigenvalue weighted by Crippen LogP contribution is -2.21. The predicted molar refractivity (Wildman–Crippen MR) is 106 cm³/mol. The number of halogens is 2. The summed E-state index contributed by atoms with van der Waals surface area (Å²) in [5.74, 6) is -1.88. The van der Waals surface area contributed by atoms with Gasteiger partial charge < -0.3 is 14.8 Å². The van der Waals surface area contributed by atoms with Gasteiger partial charge in [0, 0.05) is 5.69 Å². The van der Waals surface area contributed by atoms with Gasteiger partial charge in [0.25, 0.3) is 6.43 Å². The topological polar surface area (TPSA) is 99.5 Å². The van der Waals surface area contributed by atoms with Gasteiger partial charge in [0.15, 0.2) is 0 Å². The van der Waals surface area contributed by atoms with Crippen LogP contribution in [0.5, 0.6) is 0 Å². The van der Waals surface area contributed by atoms with Gasteiger partial charge in [0.1, 0.15) is 22.1 Å². The molecule has 0 spiro atoms. The number of nitrogens with zero attached hydrogens (tertiary/aromatic N) is 2. The van der Waals surface area contributed by atoms with Crippen LogP contribution in [-0.2, 0) is 20.8 Å². The average Bonchev–Trinajstić information content (AvgIpc) is 3.20. The molecule has 0 aliphatic heterocycles. The van der Waals surface area contributed by atoms with Crippen LogP contribution in [0, 0.1) is 13.8 Å². The van der Waals surface area contributed by atoms with Crippen LogP contribution in [0.4, 0.5) is 13.8 Å². The van der Waals surface area contributed by atoms with E-state index in [1.165, 1.54) is 6.07 Å². The Morgan fingerprint density at radius 1 is 1.20 bits per heavy atom. The zero-order valence-corrected chi connectivity index (χ0v) is 17.9. The van der Waals surface area contributed by atoms with Crippen molar-refractivity contribution in [2.75, 3.05) is 18.5 Å². The first-order chi connectivity index (χ1) is 14.2. The molecule has 1 N–H and O–H groups in total. The number of thiophene rings is 1. The molecule has 8 nitrogen and oxygen atoms in total. The number of anilines is 1. The second kappa shape index (κ2) is 10.3.